The van der Waals surface area contributed by atoms with Gasteiger partial charge in [-0.25, -0.2) is 8.42 Å². The van der Waals surface area contributed by atoms with E-state index >= 15 is 0 Å². The van der Waals surface area contributed by atoms with Crippen molar-refractivity contribution in [2.24, 2.45) is 0 Å². The van der Waals surface area contributed by atoms with Gasteiger partial charge in [-0.3, -0.25) is 13.9 Å². The van der Waals surface area contributed by atoms with Gasteiger partial charge in [0, 0.05) is 26.6 Å². The van der Waals surface area contributed by atoms with E-state index in [-0.39, 0.29) is 31.3 Å². The van der Waals surface area contributed by atoms with Crippen LogP contribution in [0.15, 0.2) is 48.5 Å². The summed E-state index contributed by atoms with van der Waals surface area (Å²) in [5, 5.41) is 2.63. The van der Waals surface area contributed by atoms with Crippen LogP contribution in [0, 0.1) is 6.92 Å². The molecular formula is C25H35N3O5S. The number of hydrogen-bond acceptors (Lipinski definition) is 5. The summed E-state index contributed by atoms with van der Waals surface area (Å²) < 4.78 is 31.3. The van der Waals surface area contributed by atoms with Crippen LogP contribution in [0.1, 0.15) is 37.3 Å². The minimum Gasteiger partial charge on any atom is -0.497 e. The Morgan fingerprint density at radius 2 is 1.79 bits per heavy atom. The first-order valence-electron chi connectivity index (χ1n) is 11.3. The molecule has 0 spiro atoms. The van der Waals surface area contributed by atoms with Gasteiger partial charge in [0.05, 0.1) is 19.1 Å². The number of sulfonamides is 1. The van der Waals surface area contributed by atoms with Crippen molar-refractivity contribution in [3.8, 4) is 5.75 Å². The number of likely N-dealkylation sites (N-methyl/N-ethyl adjacent to an activating group) is 1. The summed E-state index contributed by atoms with van der Waals surface area (Å²) in [6, 6.07) is 13.9. The molecule has 0 aliphatic rings. The molecule has 2 aromatic carbocycles. The number of nitrogens with zero attached hydrogens (tertiary/aromatic N) is 2. The third kappa shape index (κ3) is 7.48. The molecule has 34 heavy (non-hydrogen) atoms. The first kappa shape index (κ1) is 27.2. The average molecular weight is 490 g/mol. The summed E-state index contributed by atoms with van der Waals surface area (Å²) in [5.41, 5.74) is 2.43. The van der Waals surface area contributed by atoms with Crippen LogP contribution in [-0.2, 0) is 26.2 Å². The van der Waals surface area contributed by atoms with Crippen molar-refractivity contribution < 1.29 is 22.7 Å². The zero-order valence-corrected chi connectivity index (χ0v) is 21.4. The number of carbonyl (C=O) groups excluding carboxylic acids is 2. The van der Waals surface area contributed by atoms with E-state index in [0.29, 0.717) is 24.3 Å². The molecule has 0 aliphatic heterocycles. The van der Waals surface area contributed by atoms with Crippen LogP contribution in [-0.4, -0.2) is 58.1 Å². The largest absolute Gasteiger partial charge is 0.497 e. The van der Waals surface area contributed by atoms with Gasteiger partial charge in [-0.15, -0.1) is 0 Å². The van der Waals surface area contributed by atoms with Crippen LogP contribution < -0.4 is 14.4 Å². The Kier molecular flexibility index (Phi) is 9.92. The Hall–Kier alpha value is -3.07. The number of rotatable bonds is 12. The Morgan fingerprint density at radius 1 is 1.12 bits per heavy atom. The van der Waals surface area contributed by atoms with Crippen molar-refractivity contribution in [2.45, 2.75) is 45.7 Å². The molecule has 8 nitrogen and oxygen atoms in total. The van der Waals surface area contributed by atoms with Gasteiger partial charge in [0.2, 0.25) is 21.8 Å². The Balaban J connectivity index is 2.19. The van der Waals surface area contributed by atoms with Crippen LogP contribution in [0.25, 0.3) is 0 Å². The first-order valence-corrected chi connectivity index (χ1v) is 13.1. The molecule has 0 saturated carbocycles. The summed E-state index contributed by atoms with van der Waals surface area (Å²) in [7, 11) is -0.394. The van der Waals surface area contributed by atoms with Gasteiger partial charge in [0.15, 0.2) is 0 Å². The van der Waals surface area contributed by atoms with Gasteiger partial charge in [0.25, 0.3) is 0 Å². The maximum atomic E-state index is 13.3. The smallest absolute Gasteiger partial charge is 0.242 e. The van der Waals surface area contributed by atoms with E-state index in [1.54, 1.807) is 31.2 Å². The summed E-state index contributed by atoms with van der Waals surface area (Å²) in [6.45, 7) is 4.20. The second kappa shape index (κ2) is 12.4. The van der Waals surface area contributed by atoms with Gasteiger partial charge < -0.3 is 15.0 Å². The molecule has 0 aromatic heterocycles. The van der Waals surface area contributed by atoms with Crippen molar-refractivity contribution in [1.29, 1.82) is 0 Å². The van der Waals surface area contributed by atoms with Crippen molar-refractivity contribution in [3.05, 3.63) is 59.7 Å². The normalized spacial score (nSPS) is 12.0. The fourth-order valence-electron chi connectivity index (χ4n) is 3.77. The lowest BCUT2D eigenvalue weighted by Crippen LogP contribution is -2.48. The molecule has 186 valence electrons. The summed E-state index contributed by atoms with van der Waals surface area (Å²) in [4.78, 5) is 27.4. The SMILES string of the molecule is CC[C@@H](C(=O)NC)N(Cc1cccc(OC)c1)C(=O)CCCN(c1ccc(C)cc1)S(C)(=O)=O. The van der Waals surface area contributed by atoms with Gasteiger partial charge in [0.1, 0.15) is 11.8 Å². The highest BCUT2D eigenvalue weighted by atomic mass is 32.2. The molecular weight excluding hydrogens is 454 g/mol. The number of benzene rings is 2. The molecule has 0 bridgehead atoms. The zero-order valence-electron chi connectivity index (χ0n) is 20.6. The highest BCUT2D eigenvalue weighted by molar-refractivity contribution is 7.92. The maximum Gasteiger partial charge on any atom is 0.242 e. The Morgan fingerprint density at radius 3 is 2.35 bits per heavy atom. The summed E-state index contributed by atoms with van der Waals surface area (Å²) in [6.07, 6.45) is 2.03. The molecule has 0 saturated heterocycles. The number of anilines is 1. The van der Waals surface area contributed by atoms with Gasteiger partial charge in [-0.2, -0.15) is 0 Å². The van der Waals surface area contributed by atoms with E-state index in [4.69, 9.17) is 4.74 Å². The van der Waals surface area contributed by atoms with E-state index in [1.807, 2.05) is 50.2 Å². The van der Waals surface area contributed by atoms with Crippen LogP contribution in [0.3, 0.4) is 0 Å². The molecule has 2 aromatic rings. The second-order valence-electron chi connectivity index (χ2n) is 8.19. The molecule has 0 heterocycles. The number of ether oxygens (including phenoxy) is 1. The number of nitrogens with one attached hydrogen (secondary N) is 1. The van der Waals surface area contributed by atoms with Crippen molar-refractivity contribution in [3.63, 3.8) is 0 Å². The molecule has 1 atom stereocenters. The molecule has 9 heteroatoms. The topological polar surface area (TPSA) is 96.0 Å². The van der Waals surface area contributed by atoms with E-state index in [9.17, 15) is 18.0 Å². The molecule has 0 fully saturated rings. The lowest BCUT2D eigenvalue weighted by molar-refractivity contribution is -0.141. The predicted molar refractivity (Wildman–Crippen MR) is 134 cm³/mol. The highest BCUT2D eigenvalue weighted by Crippen LogP contribution is 2.21. The Labute approximate surface area is 202 Å². The zero-order chi connectivity index (χ0) is 25.3. The summed E-state index contributed by atoms with van der Waals surface area (Å²) >= 11 is 0. The highest BCUT2D eigenvalue weighted by Gasteiger charge is 2.28. The summed E-state index contributed by atoms with van der Waals surface area (Å²) in [5.74, 6) is 0.214. The fourth-order valence-corrected chi connectivity index (χ4v) is 4.73. The fraction of sp³-hybridized carbons (Fsp3) is 0.440. The monoisotopic (exact) mass is 489 g/mol. The molecule has 0 radical (unpaired) electrons. The molecule has 2 amide bonds. The molecule has 1 N–H and O–H groups in total. The second-order valence-corrected chi connectivity index (χ2v) is 10.1. The lowest BCUT2D eigenvalue weighted by atomic mass is 10.1. The van der Waals surface area contributed by atoms with E-state index < -0.39 is 16.1 Å². The van der Waals surface area contributed by atoms with Crippen molar-refractivity contribution in [2.75, 3.05) is 31.3 Å². The third-order valence-corrected chi connectivity index (χ3v) is 6.79. The standard InChI is InChI=1S/C25H35N3O5S/c1-6-23(25(30)26-3)27(18-20-9-7-10-22(17-20)33-4)24(29)11-8-16-28(34(5,31)32)21-14-12-19(2)13-15-21/h7,9-10,12-15,17,23H,6,8,11,16,18H2,1-5H3,(H,26,30)/t23-/m0/s1. The van der Waals surface area contributed by atoms with E-state index in [2.05, 4.69) is 5.32 Å². The van der Waals surface area contributed by atoms with Crippen LogP contribution in [0.5, 0.6) is 5.75 Å². The molecule has 0 aliphatic carbocycles. The number of amides is 2. The van der Waals surface area contributed by atoms with E-state index in [0.717, 1.165) is 17.4 Å². The minimum absolute atomic E-state index is 0.106. The van der Waals surface area contributed by atoms with Gasteiger partial charge in [-0.05, 0) is 49.6 Å². The van der Waals surface area contributed by atoms with E-state index in [1.165, 1.54) is 4.31 Å². The number of aryl methyl sites for hydroxylation is 1. The quantitative estimate of drug-likeness (QED) is 0.494. The predicted octanol–water partition coefficient (Wildman–Crippen LogP) is 3.10. The average Bonchev–Trinajstić information content (AvgIpc) is 2.81. The molecule has 0 unspecified atom stereocenters. The number of methoxy groups -OCH3 is 1. The van der Waals surface area contributed by atoms with Crippen molar-refractivity contribution >= 4 is 27.5 Å². The lowest BCUT2D eigenvalue weighted by Gasteiger charge is -2.31. The Bertz CT molecular complexity index is 1070. The van der Waals surface area contributed by atoms with Crippen LogP contribution in [0.2, 0.25) is 0 Å². The third-order valence-electron chi connectivity index (χ3n) is 5.59. The number of hydrogen-bond donors (Lipinski definition) is 1. The van der Waals surface area contributed by atoms with Gasteiger partial charge >= 0.3 is 0 Å². The van der Waals surface area contributed by atoms with Crippen LogP contribution >= 0.6 is 0 Å². The minimum atomic E-state index is -3.51. The van der Waals surface area contributed by atoms with Gasteiger partial charge in [-0.1, -0.05) is 36.8 Å². The molecule has 2 rings (SSSR count). The number of carbonyl (C=O) groups is 2. The first-order chi connectivity index (χ1) is 16.1. The van der Waals surface area contributed by atoms with Crippen LogP contribution in [0.4, 0.5) is 5.69 Å². The maximum absolute atomic E-state index is 13.3. The van der Waals surface area contributed by atoms with Crippen molar-refractivity contribution in [1.82, 2.24) is 10.2 Å².